The monoisotopic (exact) mass is 438 g/mol. The predicted octanol–water partition coefficient (Wildman–Crippen LogP) is 1.46. The molecule has 1 fully saturated rings. The van der Waals surface area contributed by atoms with E-state index in [2.05, 4.69) is 0 Å². The van der Waals surface area contributed by atoms with Gasteiger partial charge in [0.05, 0.1) is 0 Å². The molecule has 0 aromatic heterocycles. The van der Waals surface area contributed by atoms with Gasteiger partial charge in [-0.1, -0.05) is 17.7 Å². The van der Waals surface area contributed by atoms with Gasteiger partial charge in [0.2, 0.25) is 12.4 Å². The van der Waals surface area contributed by atoms with Crippen molar-refractivity contribution in [1.82, 2.24) is 0 Å². The van der Waals surface area contributed by atoms with Crippen LogP contribution < -0.4 is 4.74 Å². The Kier molecular flexibility index (Phi) is 8.38. The third kappa shape index (κ3) is 7.25. The minimum absolute atomic E-state index is 0.314. The lowest BCUT2D eigenvalue weighted by atomic mass is 9.98. The van der Waals surface area contributed by atoms with Crippen molar-refractivity contribution in [3.8, 4) is 5.75 Å². The fraction of sp³-hybridized carbons (Fsp3) is 0.524. The van der Waals surface area contributed by atoms with E-state index in [1.54, 1.807) is 24.3 Å². The first-order chi connectivity index (χ1) is 14.6. The number of rotatable bonds is 7. The molecular formula is C21H26O10. The van der Waals surface area contributed by atoms with Gasteiger partial charge < -0.3 is 28.4 Å². The van der Waals surface area contributed by atoms with Gasteiger partial charge in [-0.2, -0.15) is 0 Å². The molecule has 1 aliphatic rings. The SMILES string of the molecule is CC(=O)OC[C@@H]1O[C@@H](Oc2ccc(C)cc2)[C@@H](OC(C)=O)[C@@H](OC(C)=O)[C@@H]1OC(C)=O. The highest BCUT2D eigenvalue weighted by Gasteiger charge is 2.53. The lowest BCUT2D eigenvalue weighted by Crippen LogP contribution is -2.63. The van der Waals surface area contributed by atoms with E-state index in [1.165, 1.54) is 13.8 Å². The number of esters is 4. The van der Waals surface area contributed by atoms with E-state index in [4.69, 9.17) is 28.4 Å². The second-order valence-corrected chi connectivity index (χ2v) is 7.00. The number of benzene rings is 1. The normalized spacial score (nSPS) is 25.1. The van der Waals surface area contributed by atoms with E-state index in [0.717, 1.165) is 19.4 Å². The Morgan fingerprint density at radius 1 is 0.774 bits per heavy atom. The van der Waals surface area contributed by atoms with Crippen molar-refractivity contribution in [2.75, 3.05) is 6.61 Å². The zero-order valence-electron chi connectivity index (χ0n) is 18.0. The van der Waals surface area contributed by atoms with Crippen molar-refractivity contribution in [3.63, 3.8) is 0 Å². The van der Waals surface area contributed by atoms with Gasteiger partial charge >= 0.3 is 23.9 Å². The van der Waals surface area contributed by atoms with Crippen LogP contribution >= 0.6 is 0 Å². The van der Waals surface area contributed by atoms with Crippen molar-refractivity contribution in [2.24, 2.45) is 0 Å². The summed E-state index contributed by atoms with van der Waals surface area (Å²) in [5.41, 5.74) is 0.994. The Bertz CT molecular complexity index is 803. The number of hydrogen-bond acceptors (Lipinski definition) is 10. The van der Waals surface area contributed by atoms with Gasteiger partial charge in [0.15, 0.2) is 12.2 Å². The van der Waals surface area contributed by atoms with E-state index < -0.39 is 54.6 Å². The van der Waals surface area contributed by atoms with E-state index in [-0.39, 0.29) is 6.61 Å². The van der Waals surface area contributed by atoms with Gasteiger partial charge in [0.25, 0.3) is 0 Å². The van der Waals surface area contributed by atoms with Crippen LogP contribution in [0, 0.1) is 6.92 Å². The van der Waals surface area contributed by atoms with Crippen molar-refractivity contribution in [3.05, 3.63) is 29.8 Å². The standard InChI is InChI=1S/C21H26O10/c1-11-6-8-16(9-7-11)30-21-20(29-15(5)25)19(28-14(4)24)18(27-13(3)23)17(31-21)10-26-12(2)22/h6-9,17-21H,10H2,1-5H3/t17-,18+,19-,20-,21+/m0/s1. The maximum absolute atomic E-state index is 11.8. The van der Waals surface area contributed by atoms with Crippen LogP contribution in [-0.4, -0.2) is 61.2 Å². The van der Waals surface area contributed by atoms with Crippen molar-refractivity contribution < 1.29 is 47.6 Å². The second-order valence-electron chi connectivity index (χ2n) is 7.00. The summed E-state index contributed by atoms with van der Waals surface area (Å²) in [5, 5.41) is 0. The summed E-state index contributed by atoms with van der Waals surface area (Å²) in [7, 11) is 0. The fourth-order valence-corrected chi connectivity index (χ4v) is 3.03. The first-order valence-corrected chi connectivity index (χ1v) is 9.60. The highest BCUT2D eigenvalue weighted by Crippen LogP contribution is 2.31. The summed E-state index contributed by atoms with van der Waals surface area (Å²) in [6, 6.07) is 6.98. The van der Waals surface area contributed by atoms with Gasteiger partial charge in [-0.25, -0.2) is 0 Å². The molecule has 2 rings (SSSR count). The Hall–Kier alpha value is -3.14. The van der Waals surface area contributed by atoms with Gasteiger partial charge in [-0.3, -0.25) is 19.2 Å². The zero-order valence-corrected chi connectivity index (χ0v) is 18.0. The summed E-state index contributed by atoms with van der Waals surface area (Å²) in [6.45, 7) is 6.27. The molecule has 0 unspecified atom stereocenters. The van der Waals surface area contributed by atoms with Gasteiger partial charge in [0, 0.05) is 27.7 Å². The van der Waals surface area contributed by atoms with E-state index in [1.807, 2.05) is 6.92 Å². The smallest absolute Gasteiger partial charge is 0.303 e. The molecule has 0 bridgehead atoms. The molecule has 31 heavy (non-hydrogen) atoms. The molecule has 5 atom stereocenters. The molecule has 0 saturated carbocycles. The first kappa shape index (κ1) is 24.1. The Labute approximate surface area is 179 Å². The van der Waals surface area contributed by atoms with Crippen molar-refractivity contribution in [1.29, 1.82) is 0 Å². The maximum atomic E-state index is 11.8. The minimum atomic E-state index is -1.27. The number of carbonyl (C=O) groups excluding carboxylic acids is 4. The molecule has 1 saturated heterocycles. The van der Waals surface area contributed by atoms with E-state index >= 15 is 0 Å². The number of aryl methyl sites for hydroxylation is 1. The molecule has 1 heterocycles. The lowest BCUT2D eigenvalue weighted by molar-refractivity contribution is -0.288. The van der Waals surface area contributed by atoms with Crippen LogP contribution in [0.3, 0.4) is 0 Å². The average Bonchev–Trinajstić information content (AvgIpc) is 2.65. The highest BCUT2D eigenvalue weighted by molar-refractivity contribution is 5.68. The molecule has 0 amide bonds. The summed E-state index contributed by atoms with van der Waals surface area (Å²) in [6.07, 6.45) is -6.05. The molecule has 1 aliphatic heterocycles. The van der Waals surface area contributed by atoms with Crippen LogP contribution in [-0.2, 0) is 42.9 Å². The second kappa shape index (κ2) is 10.8. The summed E-state index contributed by atoms with van der Waals surface area (Å²) in [5.74, 6) is -2.29. The van der Waals surface area contributed by atoms with Gasteiger partial charge in [-0.15, -0.1) is 0 Å². The van der Waals surface area contributed by atoms with Gasteiger partial charge in [0.1, 0.15) is 18.5 Å². The Morgan fingerprint density at radius 2 is 1.29 bits per heavy atom. The summed E-state index contributed by atoms with van der Waals surface area (Å²) in [4.78, 5) is 46.6. The number of carbonyl (C=O) groups is 4. The van der Waals surface area contributed by atoms with Crippen LogP contribution in [0.25, 0.3) is 0 Å². The molecule has 10 nitrogen and oxygen atoms in total. The number of ether oxygens (including phenoxy) is 6. The third-order valence-electron chi connectivity index (χ3n) is 4.22. The van der Waals surface area contributed by atoms with Crippen LogP contribution in [0.4, 0.5) is 0 Å². The average molecular weight is 438 g/mol. The molecule has 0 radical (unpaired) electrons. The first-order valence-electron chi connectivity index (χ1n) is 9.60. The molecule has 170 valence electrons. The molecular weight excluding hydrogens is 412 g/mol. The molecule has 0 spiro atoms. The lowest BCUT2D eigenvalue weighted by Gasteiger charge is -2.43. The Morgan fingerprint density at radius 3 is 1.81 bits per heavy atom. The van der Waals surface area contributed by atoms with Gasteiger partial charge in [-0.05, 0) is 19.1 Å². The van der Waals surface area contributed by atoms with Crippen LogP contribution in [0.15, 0.2) is 24.3 Å². The minimum Gasteiger partial charge on any atom is -0.463 e. The predicted molar refractivity (Wildman–Crippen MR) is 104 cm³/mol. The van der Waals surface area contributed by atoms with Crippen LogP contribution in [0.2, 0.25) is 0 Å². The molecule has 1 aromatic carbocycles. The fourth-order valence-electron chi connectivity index (χ4n) is 3.03. The van der Waals surface area contributed by atoms with E-state index in [9.17, 15) is 19.2 Å². The summed E-state index contributed by atoms with van der Waals surface area (Å²) < 4.78 is 32.7. The molecule has 0 aliphatic carbocycles. The number of hydrogen-bond donors (Lipinski definition) is 0. The quantitative estimate of drug-likeness (QED) is 0.456. The summed E-state index contributed by atoms with van der Waals surface area (Å²) >= 11 is 0. The molecule has 10 heteroatoms. The third-order valence-corrected chi connectivity index (χ3v) is 4.22. The maximum Gasteiger partial charge on any atom is 0.303 e. The topological polar surface area (TPSA) is 124 Å². The van der Waals surface area contributed by atoms with Crippen LogP contribution in [0.5, 0.6) is 5.75 Å². The Balaban J connectivity index is 2.43. The van der Waals surface area contributed by atoms with Crippen molar-refractivity contribution >= 4 is 23.9 Å². The largest absolute Gasteiger partial charge is 0.463 e. The van der Waals surface area contributed by atoms with Crippen molar-refractivity contribution in [2.45, 2.75) is 65.3 Å². The molecule has 0 N–H and O–H groups in total. The van der Waals surface area contributed by atoms with Crippen LogP contribution in [0.1, 0.15) is 33.3 Å². The molecule has 1 aromatic rings. The van der Waals surface area contributed by atoms with E-state index in [0.29, 0.717) is 5.75 Å². The zero-order chi connectivity index (χ0) is 23.1. The highest BCUT2D eigenvalue weighted by atomic mass is 16.7.